The predicted octanol–water partition coefficient (Wildman–Crippen LogP) is 3.98. The zero-order chi connectivity index (χ0) is 16.9. The van der Waals surface area contributed by atoms with Crippen LogP contribution in [0.25, 0.3) is 0 Å². The maximum Gasteiger partial charge on any atom is 0.416 e. The molecule has 0 fully saturated rings. The summed E-state index contributed by atoms with van der Waals surface area (Å²) in [6.45, 7) is 2.48. The van der Waals surface area contributed by atoms with Crippen LogP contribution in [-0.4, -0.2) is 17.4 Å². The minimum absolute atomic E-state index is 0.271. The Morgan fingerprint density at radius 2 is 1.96 bits per heavy atom. The molecule has 1 amide bonds. The number of anilines is 2. The van der Waals surface area contributed by atoms with E-state index in [0.29, 0.717) is 17.8 Å². The fourth-order valence-corrected chi connectivity index (χ4v) is 1.91. The van der Waals surface area contributed by atoms with Crippen LogP contribution in [0.3, 0.4) is 0 Å². The summed E-state index contributed by atoms with van der Waals surface area (Å²) in [5.41, 5.74) is 0.309. The number of benzene rings is 1. The van der Waals surface area contributed by atoms with E-state index in [0.717, 1.165) is 18.6 Å². The second kappa shape index (κ2) is 7.13. The first-order valence-electron chi connectivity index (χ1n) is 7.07. The highest BCUT2D eigenvalue weighted by Gasteiger charge is 2.30. The molecule has 0 saturated heterocycles. The third-order valence-electron chi connectivity index (χ3n) is 3.01. The molecule has 0 saturated carbocycles. The molecule has 23 heavy (non-hydrogen) atoms. The van der Waals surface area contributed by atoms with Gasteiger partial charge in [0.25, 0.3) is 5.91 Å². The fourth-order valence-electron chi connectivity index (χ4n) is 1.91. The molecule has 0 radical (unpaired) electrons. The number of carbonyl (C=O) groups is 1. The summed E-state index contributed by atoms with van der Waals surface area (Å²) >= 11 is 0. The lowest BCUT2D eigenvalue weighted by atomic mass is 10.2. The Kier molecular flexibility index (Phi) is 5.20. The summed E-state index contributed by atoms with van der Waals surface area (Å²) in [6, 6.07) is 6.37. The first-order valence-corrected chi connectivity index (χ1v) is 7.07. The number of rotatable bonds is 5. The van der Waals surface area contributed by atoms with Crippen molar-refractivity contribution < 1.29 is 18.0 Å². The van der Waals surface area contributed by atoms with E-state index < -0.39 is 11.7 Å². The third kappa shape index (κ3) is 4.70. The quantitative estimate of drug-likeness (QED) is 0.875. The number of pyridine rings is 1. The molecular weight excluding hydrogens is 307 g/mol. The van der Waals surface area contributed by atoms with E-state index in [9.17, 15) is 18.0 Å². The average Bonchev–Trinajstić information content (AvgIpc) is 2.52. The van der Waals surface area contributed by atoms with Gasteiger partial charge in [-0.15, -0.1) is 0 Å². The average molecular weight is 323 g/mol. The van der Waals surface area contributed by atoms with Crippen LogP contribution in [0.15, 0.2) is 42.7 Å². The van der Waals surface area contributed by atoms with E-state index in [1.54, 1.807) is 0 Å². The first kappa shape index (κ1) is 16.8. The third-order valence-corrected chi connectivity index (χ3v) is 3.01. The van der Waals surface area contributed by atoms with Crippen molar-refractivity contribution in [1.29, 1.82) is 0 Å². The van der Waals surface area contributed by atoms with Crippen molar-refractivity contribution in [2.75, 3.05) is 11.9 Å². The highest BCUT2D eigenvalue weighted by Crippen LogP contribution is 2.31. The molecule has 0 aliphatic carbocycles. The van der Waals surface area contributed by atoms with Gasteiger partial charge in [-0.25, -0.2) is 0 Å². The summed E-state index contributed by atoms with van der Waals surface area (Å²) in [4.78, 5) is 15.8. The zero-order valence-corrected chi connectivity index (χ0v) is 12.4. The number of aromatic nitrogens is 1. The van der Waals surface area contributed by atoms with Crippen molar-refractivity contribution in [2.45, 2.75) is 19.5 Å². The van der Waals surface area contributed by atoms with Gasteiger partial charge in [0, 0.05) is 18.4 Å². The molecule has 122 valence electrons. The second-order valence-electron chi connectivity index (χ2n) is 4.92. The lowest BCUT2D eigenvalue weighted by Gasteiger charge is -2.11. The van der Waals surface area contributed by atoms with Gasteiger partial charge in [0.1, 0.15) is 0 Å². The maximum absolute atomic E-state index is 12.7. The molecule has 1 heterocycles. The number of halogens is 3. The molecule has 4 nitrogen and oxygen atoms in total. The summed E-state index contributed by atoms with van der Waals surface area (Å²) in [5.74, 6) is -0.271. The van der Waals surface area contributed by atoms with Gasteiger partial charge in [-0.2, -0.15) is 13.2 Å². The SMILES string of the molecule is CCCNC(=O)c1cncc(Nc2cccc(C(F)(F)F)c2)c1. The Bertz CT molecular complexity index is 686. The van der Waals surface area contributed by atoms with E-state index in [2.05, 4.69) is 15.6 Å². The zero-order valence-electron chi connectivity index (χ0n) is 12.4. The van der Waals surface area contributed by atoms with E-state index in [1.807, 2.05) is 6.92 Å². The number of nitrogens with zero attached hydrogens (tertiary/aromatic N) is 1. The first-order chi connectivity index (χ1) is 10.9. The van der Waals surface area contributed by atoms with Crippen LogP contribution in [0, 0.1) is 0 Å². The number of nitrogens with one attached hydrogen (secondary N) is 2. The van der Waals surface area contributed by atoms with E-state index >= 15 is 0 Å². The van der Waals surface area contributed by atoms with Crippen molar-refractivity contribution in [3.63, 3.8) is 0 Å². The van der Waals surface area contributed by atoms with E-state index in [1.165, 1.54) is 30.6 Å². The van der Waals surface area contributed by atoms with Crippen LogP contribution in [-0.2, 0) is 6.18 Å². The Morgan fingerprint density at radius 1 is 1.17 bits per heavy atom. The van der Waals surface area contributed by atoms with Crippen LogP contribution in [0.5, 0.6) is 0 Å². The lowest BCUT2D eigenvalue weighted by molar-refractivity contribution is -0.137. The second-order valence-corrected chi connectivity index (χ2v) is 4.92. The summed E-state index contributed by atoms with van der Waals surface area (Å²) < 4.78 is 38.1. The molecule has 0 spiro atoms. The number of alkyl halides is 3. The minimum atomic E-state index is -4.40. The molecule has 0 unspecified atom stereocenters. The smallest absolute Gasteiger partial charge is 0.354 e. The number of carbonyl (C=O) groups excluding carboxylic acids is 1. The molecular formula is C16H16F3N3O. The number of hydrogen-bond acceptors (Lipinski definition) is 3. The molecule has 0 aliphatic heterocycles. The molecule has 1 aromatic carbocycles. The van der Waals surface area contributed by atoms with Gasteiger partial charge in [0.15, 0.2) is 0 Å². The Balaban J connectivity index is 2.16. The molecule has 2 rings (SSSR count). The van der Waals surface area contributed by atoms with Gasteiger partial charge in [0.05, 0.1) is 23.0 Å². The largest absolute Gasteiger partial charge is 0.416 e. The lowest BCUT2D eigenvalue weighted by Crippen LogP contribution is -2.24. The van der Waals surface area contributed by atoms with Gasteiger partial charge in [-0.3, -0.25) is 9.78 Å². The molecule has 2 aromatic rings. The summed E-state index contributed by atoms with van der Waals surface area (Å²) in [5, 5.41) is 5.54. The van der Waals surface area contributed by atoms with Crippen molar-refractivity contribution in [1.82, 2.24) is 10.3 Å². The Hall–Kier alpha value is -2.57. The molecule has 2 N–H and O–H groups in total. The van der Waals surface area contributed by atoms with Crippen molar-refractivity contribution in [3.8, 4) is 0 Å². The molecule has 7 heteroatoms. The van der Waals surface area contributed by atoms with Crippen LogP contribution in [0.4, 0.5) is 24.5 Å². The van der Waals surface area contributed by atoms with Crippen LogP contribution >= 0.6 is 0 Å². The highest BCUT2D eigenvalue weighted by molar-refractivity contribution is 5.94. The Morgan fingerprint density at radius 3 is 2.65 bits per heavy atom. The summed E-state index contributed by atoms with van der Waals surface area (Å²) in [7, 11) is 0. The molecule has 0 atom stereocenters. The fraction of sp³-hybridized carbons (Fsp3) is 0.250. The van der Waals surface area contributed by atoms with Crippen LogP contribution < -0.4 is 10.6 Å². The van der Waals surface area contributed by atoms with Crippen LogP contribution in [0.1, 0.15) is 29.3 Å². The van der Waals surface area contributed by atoms with Gasteiger partial charge in [-0.1, -0.05) is 13.0 Å². The van der Waals surface area contributed by atoms with Crippen molar-refractivity contribution in [3.05, 3.63) is 53.9 Å². The molecule has 1 aromatic heterocycles. The highest BCUT2D eigenvalue weighted by atomic mass is 19.4. The summed E-state index contributed by atoms with van der Waals surface area (Å²) in [6.07, 6.45) is -0.752. The minimum Gasteiger partial charge on any atom is -0.354 e. The Labute approximate surface area is 131 Å². The number of amides is 1. The van der Waals surface area contributed by atoms with Gasteiger partial charge < -0.3 is 10.6 Å². The van der Waals surface area contributed by atoms with E-state index in [4.69, 9.17) is 0 Å². The predicted molar refractivity (Wildman–Crippen MR) is 81.6 cm³/mol. The van der Waals surface area contributed by atoms with Gasteiger partial charge >= 0.3 is 6.18 Å². The van der Waals surface area contributed by atoms with Gasteiger partial charge in [0.2, 0.25) is 0 Å². The normalized spacial score (nSPS) is 11.1. The molecule has 0 bridgehead atoms. The van der Waals surface area contributed by atoms with Crippen molar-refractivity contribution in [2.24, 2.45) is 0 Å². The van der Waals surface area contributed by atoms with Crippen molar-refractivity contribution >= 4 is 17.3 Å². The van der Waals surface area contributed by atoms with E-state index in [-0.39, 0.29) is 11.6 Å². The molecule has 0 aliphatic rings. The van der Waals surface area contributed by atoms with Crippen LogP contribution in [0.2, 0.25) is 0 Å². The number of hydrogen-bond donors (Lipinski definition) is 2. The van der Waals surface area contributed by atoms with Gasteiger partial charge in [-0.05, 0) is 30.7 Å². The maximum atomic E-state index is 12.7. The monoisotopic (exact) mass is 323 g/mol. The standard InChI is InChI=1S/C16H16F3N3O/c1-2-6-21-15(23)11-7-14(10-20-9-11)22-13-5-3-4-12(8-13)16(17,18)19/h3-5,7-10,22H,2,6H2,1H3,(H,21,23). The topological polar surface area (TPSA) is 54.0 Å².